The number of carbonyl (C=O) groups excluding carboxylic acids is 2. The Hall–Kier alpha value is -4.78. The number of rotatable bonds is 6. The molecule has 0 bridgehead atoms. The van der Waals surface area contributed by atoms with Gasteiger partial charge in [-0.3, -0.25) is 9.59 Å². The lowest BCUT2D eigenvalue weighted by Crippen LogP contribution is -2.50. The molecule has 0 aliphatic carbocycles. The second kappa shape index (κ2) is 11.4. The lowest BCUT2D eigenvalue weighted by atomic mass is 10.1. The van der Waals surface area contributed by atoms with Crippen molar-refractivity contribution < 1.29 is 36.7 Å². The summed E-state index contributed by atoms with van der Waals surface area (Å²) < 4.78 is 59.1. The van der Waals surface area contributed by atoms with Gasteiger partial charge in [0.25, 0.3) is 11.8 Å². The van der Waals surface area contributed by atoms with Crippen LogP contribution < -0.4 is 10.2 Å². The highest BCUT2D eigenvalue weighted by molar-refractivity contribution is 6.03. The predicted octanol–water partition coefficient (Wildman–Crippen LogP) is 4.53. The van der Waals surface area contributed by atoms with Gasteiger partial charge in [0, 0.05) is 31.7 Å². The average Bonchev–Trinajstić information content (AvgIpc) is 3.45. The van der Waals surface area contributed by atoms with Gasteiger partial charge in [-0.2, -0.15) is 13.2 Å². The number of hydrogen-bond donors (Lipinski definition) is 2. The SMILES string of the molecule is O=C(Nc1ccc(N2CCN(C(=O)C(O)c3ccc(F)cc3)CC2)nc1)c1oc(-c2ccccc2)nc1C(F)(F)F. The van der Waals surface area contributed by atoms with Crippen LogP contribution in [0.4, 0.5) is 29.1 Å². The Labute approximate surface area is 231 Å². The molecule has 4 aromatic rings. The number of pyridine rings is 1. The molecule has 41 heavy (non-hydrogen) atoms. The van der Waals surface area contributed by atoms with Crippen LogP contribution in [0.1, 0.15) is 27.9 Å². The minimum atomic E-state index is -4.91. The topological polar surface area (TPSA) is 112 Å². The molecule has 5 rings (SSSR count). The maximum atomic E-state index is 13.6. The van der Waals surface area contributed by atoms with E-state index in [-0.39, 0.29) is 17.1 Å². The van der Waals surface area contributed by atoms with E-state index in [9.17, 15) is 32.3 Å². The van der Waals surface area contributed by atoms with Crippen molar-refractivity contribution in [3.63, 3.8) is 0 Å². The minimum absolute atomic E-state index is 0.140. The number of anilines is 2. The van der Waals surface area contributed by atoms with E-state index in [1.165, 1.54) is 53.6 Å². The first-order valence-corrected chi connectivity index (χ1v) is 12.5. The molecule has 0 spiro atoms. The van der Waals surface area contributed by atoms with Crippen LogP contribution in [0.5, 0.6) is 0 Å². The van der Waals surface area contributed by atoms with Crippen molar-refractivity contribution in [2.45, 2.75) is 12.3 Å². The third kappa shape index (κ3) is 6.19. The van der Waals surface area contributed by atoms with Gasteiger partial charge in [-0.25, -0.2) is 14.4 Å². The van der Waals surface area contributed by atoms with E-state index in [1.807, 2.05) is 4.90 Å². The molecule has 212 valence electrons. The van der Waals surface area contributed by atoms with E-state index in [4.69, 9.17) is 4.42 Å². The summed E-state index contributed by atoms with van der Waals surface area (Å²) in [7, 11) is 0. The largest absolute Gasteiger partial charge is 0.437 e. The van der Waals surface area contributed by atoms with Crippen molar-refractivity contribution in [2.24, 2.45) is 0 Å². The van der Waals surface area contributed by atoms with Crippen LogP contribution in [-0.4, -0.2) is 58.0 Å². The Balaban J connectivity index is 1.21. The second-order valence-corrected chi connectivity index (χ2v) is 9.19. The van der Waals surface area contributed by atoms with Gasteiger partial charge in [-0.15, -0.1) is 0 Å². The molecule has 0 saturated carbocycles. The van der Waals surface area contributed by atoms with Gasteiger partial charge >= 0.3 is 6.18 Å². The predicted molar refractivity (Wildman–Crippen MR) is 139 cm³/mol. The molecule has 1 aliphatic heterocycles. The van der Waals surface area contributed by atoms with E-state index < -0.39 is 41.4 Å². The molecule has 9 nitrogen and oxygen atoms in total. The zero-order valence-electron chi connectivity index (χ0n) is 21.3. The summed E-state index contributed by atoms with van der Waals surface area (Å²) in [5, 5.41) is 12.7. The summed E-state index contributed by atoms with van der Waals surface area (Å²) in [4.78, 5) is 36.6. The first kappa shape index (κ1) is 27.8. The molecule has 2 N–H and O–H groups in total. The molecule has 2 amide bonds. The van der Waals surface area contributed by atoms with E-state index in [2.05, 4.69) is 15.3 Å². The normalized spacial score (nSPS) is 14.6. The van der Waals surface area contributed by atoms with Crippen LogP contribution in [0.25, 0.3) is 11.5 Å². The molecule has 0 radical (unpaired) electrons. The Morgan fingerprint density at radius 3 is 2.24 bits per heavy atom. The zero-order valence-corrected chi connectivity index (χ0v) is 21.3. The lowest BCUT2D eigenvalue weighted by Gasteiger charge is -2.36. The van der Waals surface area contributed by atoms with Crippen molar-refractivity contribution in [1.82, 2.24) is 14.9 Å². The van der Waals surface area contributed by atoms with Gasteiger partial charge in [0.1, 0.15) is 11.6 Å². The van der Waals surface area contributed by atoms with E-state index in [1.54, 1.807) is 24.3 Å². The van der Waals surface area contributed by atoms with Crippen LogP contribution in [0.15, 0.2) is 77.3 Å². The third-order valence-corrected chi connectivity index (χ3v) is 6.46. The molecular weight excluding hydrogens is 546 g/mol. The Morgan fingerprint density at radius 2 is 1.63 bits per heavy atom. The minimum Gasteiger partial charge on any atom is -0.430 e. The Bertz CT molecular complexity index is 1520. The van der Waals surface area contributed by atoms with Crippen molar-refractivity contribution in [1.29, 1.82) is 0 Å². The number of oxazole rings is 1. The molecule has 1 aliphatic rings. The molecule has 2 aromatic carbocycles. The number of nitrogens with one attached hydrogen (secondary N) is 1. The fourth-order valence-electron chi connectivity index (χ4n) is 4.32. The molecule has 1 unspecified atom stereocenters. The summed E-state index contributed by atoms with van der Waals surface area (Å²) in [5.41, 5.74) is -0.715. The fourth-order valence-corrected chi connectivity index (χ4v) is 4.32. The summed E-state index contributed by atoms with van der Waals surface area (Å²) in [6, 6.07) is 16.0. The van der Waals surface area contributed by atoms with Crippen LogP contribution >= 0.6 is 0 Å². The van der Waals surface area contributed by atoms with Crippen LogP contribution in [-0.2, 0) is 11.0 Å². The van der Waals surface area contributed by atoms with Crippen LogP contribution in [0.3, 0.4) is 0 Å². The number of nitrogens with zero attached hydrogens (tertiary/aromatic N) is 4. The number of hydrogen-bond acceptors (Lipinski definition) is 7. The molecule has 2 aromatic heterocycles. The number of aliphatic hydroxyl groups is 1. The van der Waals surface area contributed by atoms with Crippen LogP contribution in [0, 0.1) is 5.82 Å². The van der Waals surface area contributed by atoms with Crippen molar-refractivity contribution in [3.8, 4) is 11.5 Å². The van der Waals surface area contributed by atoms with Gasteiger partial charge < -0.3 is 24.6 Å². The first-order valence-electron chi connectivity index (χ1n) is 12.5. The second-order valence-electron chi connectivity index (χ2n) is 9.19. The summed E-state index contributed by atoms with van der Waals surface area (Å²) in [5.74, 6) is -2.88. The summed E-state index contributed by atoms with van der Waals surface area (Å²) >= 11 is 0. The number of amides is 2. The highest BCUT2D eigenvalue weighted by Gasteiger charge is 2.41. The van der Waals surface area contributed by atoms with Gasteiger partial charge in [0.05, 0.1) is 11.9 Å². The average molecular weight is 570 g/mol. The highest BCUT2D eigenvalue weighted by atomic mass is 19.4. The standard InChI is InChI=1S/C28H23F4N5O4/c29-19-8-6-17(7-9-19)22(38)27(40)37-14-12-36(13-15-37)21-11-10-20(16-33-21)34-25(39)23-24(28(30,31)32)35-26(41-23)18-4-2-1-3-5-18/h1-11,16,22,38H,12-15H2,(H,34,39). The quantitative estimate of drug-likeness (QED) is 0.328. The van der Waals surface area contributed by atoms with E-state index >= 15 is 0 Å². The number of halogens is 4. The van der Waals surface area contributed by atoms with Crippen LogP contribution in [0.2, 0.25) is 0 Å². The molecule has 1 fully saturated rings. The Kier molecular flexibility index (Phi) is 7.70. The summed E-state index contributed by atoms with van der Waals surface area (Å²) in [6.45, 7) is 1.39. The van der Waals surface area contributed by atoms with Gasteiger partial charge in [-0.05, 0) is 42.0 Å². The van der Waals surface area contributed by atoms with E-state index in [0.717, 1.165) is 0 Å². The fraction of sp³-hybridized carbons (Fsp3) is 0.214. The number of aliphatic hydroxyl groups excluding tert-OH is 1. The maximum Gasteiger partial charge on any atom is 0.437 e. The van der Waals surface area contributed by atoms with Crippen molar-refractivity contribution in [3.05, 3.63) is 95.8 Å². The number of carbonyl (C=O) groups is 2. The smallest absolute Gasteiger partial charge is 0.430 e. The molecule has 1 atom stereocenters. The van der Waals surface area contributed by atoms with Crippen molar-refractivity contribution in [2.75, 3.05) is 36.4 Å². The molecule has 1 saturated heterocycles. The Morgan fingerprint density at radius 1 is 0.951 bits per heavy atom. The number of benzene rings is 2. The van der Waals surface area contributed by atoms with Gasteiger partial charge in [-0.1, -0.05) is 30.3 Å². The maximum absolute atomic E-state index is 13.6. The molecular formula is C28H23F4N5O4. The number of alkyl halides is 3. The number of aromatic nitrogens is 2. The van der Waals surface area contributed by atoms with E-state index in [0.29, 0.717) is 37.6 Å². The summed E-state index contributed by atoms with van der Waals surface area (Å²) in [6.07, 6.45) is -5.02. The van der Waals surface area contributed by atoms with Gasteiger partial charge in [0.2, 0.25) is 11.7 Å². The zero-order chi connectivity index (χ0) is 29.1. The lowest BCUT2D eigenvalue weighted by molar-refractivity contribution is -0.142. The van der Waals surface area contributed by atoms with Gasteiger partial charge in [0.15, 0.2) is 11.8 Å². The highest BCUT2D eigenvalue weighted by Crippen LogP contribution is 2.35. The van der Waals surface area contributed by atoms with Crippen molar-refractivity contribution >= 4 is 23.3 Å². The molecule has 3 heterocycles. The third-order valence-electron chi connectivity index (χ3n) is 6.46. The number of piperazine rings is 1. The first-order chi connectivity index (χ1) is 19.6. The monoisotopic (exact) mass is 569 g/mol. The molecule has 13 heteroatoms.